The van der Waals surface area contributed by atoms with E-state index in [1.807, 2.05) is 40.9 Å². The largest absolute Gasteiger partial charge is 0.497 e. The Kier molecular flexibility index (Phi) is 6.55. The Labute approximate surface area is 172 Å². The van der Waals surface area contributed by atoms with Gasteiger partial charge in [0.15, 0.2) is 0 Å². The van der Waals surface area contributed by atoms with Crippen molar-refractivity contribution in [3.8, 4) is 5.75 Å². The van der Waals surface area contributed by atoms with Gasteiger partial charge in [-0.2, -0.15) is 11.8 Å². The molecule has 28 heavy (non-hydrogen) atoms. The molecule has 0 aromatic heterocycles. The number of benzene rings is 1. The van der Waals surface area contributed by atoms with Crippen molar-refractivity contribution in [3.63, 3.8) is 0 Å². The highest BCUT2D eigenvalue weighted by atomic mass is 32.2. The minimum absolute atomic E-state index is 0.0376. The van der Waals surface area contributed by atoms with Crippen molar-refractivity contribution in [1.29, 1.82) is 0 Å². The minimum atomic E-state index is -0.673. The number of methoxy groups -OCH3 is 1. The number of likely N-dealkylation sites (N-methyl/N-ethyl adjacent to an activating group) is 1. The number of hydrogen-bond donors (Lipinski definition) is 0. The topological polar surface area (TPSA) is 53.1 Å². The van der Waals surface area contributed by atoms with Crippen LogP contribution < -0.4 is 4.74 Å². The van der Waals surface area contributed by atoms with Crippen LogP contribution in [-0.2, 0) is 11.2 Å². The fourth-order valence-corrected chi connectivity index (χ4v) is 5.08. The van der Waals surface area contributed by atoms with Crippen molar-refractivity contribution in [2.45, 2.75) is 37.8 Å². The summed E-state index contributed by atoms with van der Waals surface area (Å²) in [5, 5.41) is 0. The van der Waals surface area contributed by atoms with Crippen LogP contribution in [0.5, 0.6) is 5.75 Å². The highest BCUT2D eigenvalue weighted by Crippen LogP contribution is 2.37. The zero-order valence-corrected chi connectivity index (χ0v) is 18.1. The van der Waals surface area contributed by atoms with Crippen molar-refractivity contribution in [1.82, 2.24) is 14.7 Å². The minimum Gasteiger partial charge on any atom is -0.497 e. The predicted molar refractivity (Wildman–Crippen MR) is 113 cm³/mol. The van der Waals surface area contributed by atoms with Gasteiger partial charge in [0.2, 0.25) is 0 Å². The first-order valence-electron chi connectivity index (χ1n) is 9.88. The molecule has 0 aliphatic carbocycles. The number of thioether (sulfide) groups is 1. The molecule has 2 heterocycles. The lowest BCUT2D eigenvalue weighted by Crippen LogP contribution is -2.58. The number of carbonyl (C=O) groups is 2. The normalized spacial score (nSPS) is 20.9. The van der Waals surface area contributed by atoms with E-state index in [1.54, 1.807) is 14.2 Å². The molecule has 6 nitrogen and oxygen atoms in total. The second-order valence-electron chi connectivity index (χ2n) is 7.77. The number of nitrogens with zero attached hydrogens (tertiary/aromatic N) is 3. The van der Waals surface area contributed by atoms with Crippen LogP contribution in [0, 0.1) is 0 Å². The Balaban J connectivity index is 1.71. The lowest BCUT2D eigenvalue weighted by Gasteiger charge is -2.44. The lowest BCUT2D eigenvalue weighted by atomic mass is 9.85. The van der Waals surface area contributed by atoms with E-state index >= 15 is 0 Å². The Hall–Kier alpha value is -1.73. The Morgan fingerprint density at radius 1 is 1.18 bits per heavy atom. The average Bonchev–Trinajstić information content (AvgIpc) is 2.89. The molecule has 1 spiro atoms. The number of rotatable bonds is 7. The molecule has 2 saturated heterocycles. The average molecular weight is 406 g/mol. The van der Waals surface area contributed by atoms with E-state index in [-0.39, 0.29) is 11.9 Å². The highest BCUT2D eigenvalue weighted by molar-refractivity contribution is 7.98. The zero-order chi connectivity index (χ0) is 20.3. The van der Waals surface area contributed by atoms with E-state index in [9.17, 15) is 9.59 Å². The van der Waals surface area contributed by atoms with Crippen LogP contribution in [-0.4, -0.2) is 84.0 Å². The maximum atomic E-state index is 13.0. The van der Waals surface area contributed by atoms with Crippen LogP contribution >= 0.6 is 11.8 Å². The van der Waals surface area contributed by atoms with Crippen molar-refractivity contribution in [2.75, 3.05) is 45.8 Å². The van der Waals surface area contributed by atoms with E-state index in [4.69, 9.17) is 4.74 Å². The molecule has 1 unspecified atom stereocenters. The summed E-state index contributed by atoms with van der Waals surface area (Å²) >= 11 is 1.85. The molecular formula is C21H31N3O3S. The van der Waals surface area contributed by atoms with Gasteiger partial charge in [0.25, 0.3) is 5.91 Å². The second kappa shape index (κ2) is 8.74. The van der Waals surface area contributed by atoms with E-state index in [0.29, 0.717) is 25.4 Å². The first-order valence-corrected chi connectivity index (χ1v) is 11.3. The van der Waals surface area contributed by atoms with Gasteiger partial charge in [0, 0.05) is 38.5 Å². The van der Waals surface area contributed by atoms with Crippen molar-refractivity contribution in [3.05, 3.63) is 29.8 Å². The molecule has 0 saturated carbocycles. The number of urea groups is 1. The molecule has 2 fully saturated rings. The van der Waals surface area contributed by atoms with E-state index < -0.39 is 5.54 Å². The summed E-state index contributed by atoms with van der Waals surface area (Å²) in [6.45, 7) is 4.51. The summed E-state index contributed by atoms with van der Waals surface area (Å²) in [5.74, 6) is 1.87. The molecule has 1 aromatic rings. The van der Waals surface area contributed by atoms with Gasteiger partial charge in [-0.15, -0.1) is 0 Å². The first kappa shape index (κ1) is 21.0. The summed E-state index contributed by atoms with van der Waals surface area (Å²) in [5.41, 5.74) is 0.463. The second-order valence-corrected chi connectivity index (χ2v) is 8.68. The van der Waals surface area contributed by atoms with E-state index in [0.717, 1.165) is 36.6 Å². The quantitative estimate of drug-likeness (QED) is 0.653. The molecule has 0 N–H and O–H groups in total. The summed E-state index contributed by atoms with van der Waals surface area (Å²) in [6.07, 6.45) is 4.27. The third-order valence-corrected chi connectivity index (χ3v) is 6.99. The number of imide groups is 1. The van der Waals surface area contributed by atoms with Gasteiger partial charge in [-0.05, 0) is 50.1 Å². The van der Waals surface area contributed by atoms with Crippen LogP contribution in [0.4, 0.5) is 4.79 Å². The molecular weight excluding hydrogens is 374 g/mol. The number of carbonyl (C=O) groups excluding carboxylic acids is 2. The zero-order valence-electron chi connectivity index (χ0n) is 17.3. The number of likely N-dealkylation sites (tertiary alicyclic amines) is 1. The lowest BCUT2D eigenvalue weighted by molar-refractivity contribution is -0.135. The SMILES string of the molecule is COc1ccc(CCN2C(=O)N(C)C(=O)C23CCN(C(C)CSC)CC3)cc1. The van der Waals surface area contributed by atoms with Gasteiger partial charge in [0.1, 0.15) is 11.3 Å². The Bertz CT molecular complexity index is 701. The molecule has 2 aliphatic heterocycles. The van der Waals surface area contributed by atoms with Gasteiger partial charge < -0.3 is 9.64 Å². The molecule has 1 aromatic carbocycles. The molecule has 1 atom stereocenters. The number of amides is 3. The van der Waals surface area contributed by atoms with Crippen molar-refractivity contribution in [2.24, 2.45) is 0 Å². The van der Waals surface area contributed by atoms with Crippen LogP contribution in [0.3, 0.4) is 0 Å². The van der Waals surface area contributed by atoms with Crippen molar-refractivity contribution >= 4 is 23.7 Å². The summed E-state index contributed by atoms with van der Waals surface area (Å²) in [4.78, 5) is 31.4. The number of ether oxygens (including phenoxy) is 1. The fraction of sp³-hybridized carbons (Fsp3) is 0.619. The monoisotopic (exact) mass is 405 g/mol. The molecule has 154 valence electrons. The summed E-state index contributed by atoms with van der Waals surface area (Å²) < 4.78 is 5.21. The third-order valence-electron chi connectivity index (χ3n) is 6.18. The maximum Gasteiger partial charge on any atom is 0.327 e. The molecule has 7 heteroatoms. The smallest absolute Gasteiger partial charge is 0.327 e. The van der Waals surface area contributed by atoms with Crippen molar-refractivity contribution < 1.29 is 14.3 Å². The predicted octanol–water partition coefficient (Wildman–Crippen LogP) is 2.72. The number of hydrogen-bond acceptors (Lipinski definition) is 5. The third kappa shape index (κ3) is 3.87. The van der Waals surface area contributed by atoms with Gasteiger partial charge in [-0.3, -0.25) is 14.6 Å². The van der Waals surface area contributed by atoms with Crippen LogP contribution in [0.2, 0.25) is 0 Å². The van der Waals surface area contributed by atoms with E-state index in [1.165, 1.54) is 4.90 Å². The molecule has 2 aliphatic rings. The van der Waals surface area contributed by atoms with Gasteiger partial charge in [-0.1, -0.05) is 12.1 Å². The molecule has 0 bridgehead atoms. The van der Waals surface area contributed by atoms with Crippen LogP contribution in [0.15, 0.2) is 24.3 Å². The Morgan fingerprint density at radius 3 is 2.39 bits per heavy atom. The maximum absolute atomic E-state index is 13.0. The standard InChI is InChI=1S/C21H31N3O3S/c1-16(15-28-4)23-13-10-21(11-14-23)19(25)22(2)20(26)24(21)12-9-17-5-7-18(27-3)8-6-17/h5-8,16H,9-15H2,1-4H3. The first-order chi connectivity index (χ1) is 13.4. The fourth-order valence-electron chi connectivity index (χ4n) is 4.39. The molecule has 0 radical (unpaired) electrons. The Morgan fingerprint density at radius 2 is 1.82 bits per heavy atom. The van der Waals surface area contributed by atoms with Gasteiger partial charge >= 0.3 is 6.03 Å². The summed E-state index contributed by atoms with van der Waals surface area (Å²) in [7, 11) is 3.26. The highest BCUT2D eigenvalue weighted by Gasteiger charge is 2.56. The van der Waals surface area contributed by atoms with E-state index in [2.05, 4.69) is 18.1 Å². The van der Waals surface area contributed by atoms with Gasteiger partial charge in [0.05, 0.1) is 7.11 Å². The number of piperidine rings is 1. The molecule has 3 amide bonds. The summed E-state index contributed by atoms with van der Waals surface area (Å²) in [6, 6.07) is 8.22. The van der Waals surface area contributed by atoms with Crippen LogP contribution in [0.1, 0.15) is 25.3 Å². The van der Waals surface area contributed by atoms with Gasteiger partial charge in [-0.25, -0.2) is 4.79 Å². The van der Waals surface area contributed by atoms with Crippen LogP contribution in [0.25, 0.3) is 0 Å². The molecule has 3 rings (SSSR count).